The lowest BCUT2D eigenvalue weighted by Crippen LogP contribution is -2.08. The third-order valence-corrected chi connectivity index (χ3v) is 2.80. The van der Waals surface area contributed by atoms with Gasteiger partial charge in [-0.25, -0.2) is 4.79 Å². The monoisotopic (exact) mass is 255 g/mol. The van der Waals surface area contributed by atoms with Crippen LogP contribution in [0.4, 0.5) is 4.79 Å². The molecule has 0 heterocycles. The second kappa shape index (κ2) is 6.17. The van der Waals surface area contributed by atoms with E-state index in [0.29, 0.717) is 10.6 Å². The Bertz CT molecular complexity index is 422. The maximum absolute atomic E-state index is 10.4. The van der Waals surface area contributed by atoms with Crippen LogP contribution in [0.3, 0.4) is 0 Å². The summed E-state index contributed by atoms with van der Waals surface area (Å²) in [6, 6.07) is 4.76. The van der Waals surface area contributed by atoms with Crippen LogP contribution < -0.4 is 10.5 Å². The number of carboxylic acid groups (broad SMARTS) is 1. The highest BCUT2D eigenvalue weighted by Crippen LogP contribution is 2.31. The molecule has 17 heavy (non-hydrogen) atoms. The molecule has 0 aliphatic rings. The quantitative estimate of drug-likeness (QED) is 0.621. The van der Waals surface area contributed by atoms with E-state index in [0.717, 1.165) is 17.6 Å². The first kappa shape index (κ1) is 13.4. The minimum absolute atomic E-state index is 0.388. The minimum Gasteiger partial charge on any atom is -0.497 e. The Kier molecular flexibility index (Phi) is 4.86. The molecule has 1 rings (SSSR count). The Labute approximate surface area is 103 Å². The van der Waals surface area contributed by atoms with E-state index < -0.39 is 6.16 Å². The van der Waals surface area contributed by atoms with Crippen molar-refractivity contribution in [2.45, 2.75) is 10.9 Å². The van der Waals surface area contributed by atoms with E-state index in [1.807, 2.05) is 0 Å². The SMILES string of the molecule is C=CC(N)c1ccc(OC)cc1SOC(=O)O. The number of ether oxygens (including phenoxy) is 1. The predicted octanol–water partition coefficient (Wildman–Crippen LogP) is 2.58. The smallest absolute Gasteiger partial charge is 0.497 e. The van der Waals surface area contributed by atoms with Crippen molar-refractivity contribution < 1.29 is 18.8 Å². The molecule has 1 atom stereocenters. The van der Waals surface area contributed by atoms with E-state index in [1.165, 1.54) is 7.11 Å². The molecule has 1 unspecified atom stereocenters. The Morgan fingerprint density at radius 1 is 1.65 bits per heavy atom. The first-order chi connectivity index (χ1) is 8.08. The molecule has 0 saturated carbocycles. The van der Waals surface area contributed by atoms with Gasteiger partial charge in [0.1, 0.15) is 17.8 Å². The van der Waals surface area contributed by atoms with Crippen molar-refractivity contribution in [3.05, 3.63) is 36.4 Å². The maximum atomic E-state index is 10.4. The summed E-state index contributed by atoms with van der Waals surface area (Å²) in [7, 11) is 1.52. The molecule has 1 aromatic rings. The van der Waals surface area contributed by atoms with Gasteiger partial charge in [0.2, 0.25) is 0 Å². The number of benzene rings is 1. The second-order valence-corrected chi connectivity index (χ2v) is 3.87. The van der Waals surface area contributed by atoms with E-state index in [2.05, 4.69) is 10.8 Å². The zero-order valence-corrected chi connectivity index (χ0v) is 10.1. The molecular formula is C11H13NO4S. The summed E-state index contributed by atoms with van der Waals surface area (Å²) < 4.78 is 9.50. The lowest BCUT2D eigenvalue weighted by Gasteiger charge is -2.12. The zero-order valence-electron chi connectivity index (χ0n) is 9.25. The molecule has 0 radical (unpaired) electrons. The van der Waals surface area contributed by atoms with Crippen LogP contribution >= 0.6 is 12.0 Å². The molecule has 0 fully saturated rings. The number of hydrogen-bond donors (Lipinski definition) is 2. The molecule has 6 heteroatoms. The number of hydrogen-bond acceptors (Lipinski definition) is 5. The van der Waals surface area contributed by atoms with Gasteiger partial charge in [-0.15, -0.1) is 6.58 Å². The van der Waals surface area contributed by atoms with Gasteiger partial charge in [-0.1, -0.05) is 12.1 Å². The standard InChI is InChI=1S/C11H13NO4S/c1-3-9(12)8-5-4-7(15-2)6-10(8)17-16-11(13)14/h3-6,9H,1,12H2,2H3,(H,13,14). The summed E-state index contributed by atoms with van der Waals surface area (Å²) in [6.07, 6.45) is 0.197. The lowest BCUT2D eigenvalue weighted by molar-refractivity contribution is 0.153. The van der Waals surface area contributed by atoms with Crippen molar-refractivity contribution in [1.82, 2.24) is 0 Å². The molecule has 0 spiro atoms. The zero-order chi connectivity index (χ0) is 12.8. The normalized spacial score (nSPS) is 11.6. The summed E-state index contributed by atoms with van der Waals surface area (Å²) in [5.41, 5.74) is 6.55. The van der Waals surface area contributed by atoms with Crippen LogP contribution in [-0.2, 0) is 4.18 Å². The van der Waals surface area contributed by atoms with Crippen LogP contribution in [0.1, 0.15) is 11.6 Å². The first-order valence-electron chi connectivity index (χ1n) is 4.72. The van der Waals surface area contributed by atoms with Crippen LogP contribution in [0.2, 0.25) is 0 Å². The highest BCUT2D eigenvalue weighted by atomic mass is 32.2. The molecule has 0 amide bonds. The van der Waals surface area contributed by atoms with Crippen LogP contribution in [0, 0.1) is 0 Å². The van der Waals surface area contributed by atoms with Crippen molar-refractivity contribution in [2.75, 3.05) is 7.11 Å². The van der Waals surface area contributed by atoms with Gasteiger partial charge in [-0.2, -0.15) is 0 Å². The summed E-state index contributed by atoms with van der Waals surface area (Å²) in [5, 5.41) is 8.46. The van der Waals surface area contributed by atoms with E-state index >= 15 is 0 Å². The fourth-order valence-corrected chi connectivity index (χ4v) is 1.82. The van der Waals surface area contributed by atoms with Crippen LogP contribution in [-0.4, -0.2) is 18.4 Å². The molecule has 1 aromatic carbocycles. The Balaban J connectivity index is 3.02. The van der Waals surface area contributed by atoms with Gasteiger partial charge in [-0.3, -0.25) is 0 Å². The molecular weight excluding hydrogens is 242 g/mol. The van der Waals surface area contributed by atoms with Crippen LogP contribution in [0.25, 0.3) is 0 Å². The highest BCUT2D eigenvalue weighted by molar-refractivity contribution is 7.95. The molecule has 0 aromatic heterocycles. The Morgan fingerprint density at radius 2 is 2.35 bits per heavy atom. The fraction of sp³-hybridized carbons (Fsp3) is 0.182. The predicted molar refractivity (Wildman–Crippen MR) is 65.1 cm³/mol. The average Bonchev–Trinajstić information content (AvgIpc) is 2.34. The summed E-state index contributed by atoms with van der Waals surface area (Å²) in [4.78, 5) is 10.9. The van der Waals surface area contributed by atoms with Crippen molar-refractivity contribution in [2.24, 2.45) is 5.73 Å². The number of carbonyl (C=O) groups is 1. The van der Waals surface area contributed by atoms with Gasteiger partial charge in [0.05, 0.1) is 12.0 Å². The Hall–Kier alpha value is -1.66. The molecule has 0 bridgehead atoms. The molecule has 92 valence electrons. The molecule has 0 aliphatic carbocycles. The minimum atomic E-state index is -1.36. The summed E-state index contributed by atoms with van der Waals surface area (Å²) >= 11 is 0.721. The van der Waals surface area contributed by atoms with Gasteiger partial charge in [0, 0.05) is 6.04 Å². The fourth-order valence-electron chi connectivity index (χ4n) is 1.20. The van der Waals surface area contributed by atoms with Crippen molar-refractivity contribution in [3.63, 3.8) is 0 Å². The van der Waals surface area contributed by atoms with Gasteiger partial charge in [0.25, 0.3) is 0 Å². The lowest BCUT2D eigenvalue weighted by atomic mass is 10.1. The summed E-state index contributed by atoms with van der Waals surface area (Å²) in [6.45, 7) is 3.59. The first-order valence-corrected chi connectivity index (χ1v) is 5.46. The van der Waals surface area contributed by atoms with Crippen molar-refractivity contribution in [3.8, 4) is 5.75 Å². The third kappa shape index (κ3) is 3.69. The van der Waals surface area contributed by atoms with Gasteiger partial charge in [0.15, 0.2) is 0 Å². The van der Waals surface area contributed by atoms with E-state index in [1.54, 1.807) is 24.3 Å². The molecule has 5 nitrogen and oxygen atoms in total. The van der Waals surface area contributed by atoms with Crippen LogP contribution in [0.5, 0.6) is 5.75 Å². The van der Waals surface area contributed by atoms with Crippen LogP contribution in [0.15, 0.2) is 35.7 Å². The number of methoxy groups -OCH3 is 1. The van der Waals surface area contributed by atoms with E-state index in [4.69, 9.17) is 15.6 Å². The molecule has 0 saturated heterocycles. The van der Waals surface area contributed by atoms with Gasteiger partial charge in [-0.05, 0) is 17.7 Å². The molecule has 0 aliphatic heterocycles. The van der Waals surface area contributed by atoms with Gasteiger partial charge >= 0.3 is 6.16 Å². The average molecular weight is 255 g/mol. The highest BCUT2D eigenvalue weighted by Gasteiger charge is 2.12. The maximum Gasteiger partial charge on any atom is 0.518 e. The number of rotatable bonds is 5. The van der Waals surface area contributed by atoms with Gasteiger partial charge < -0.3 is 19.8 Å². The largest absolute Gasteiger partial charge is 0.518 e. The topological polar surface area (TPSA) is 81.8 Å². The van der Waals surface area contributed by atoms with Crippen molar-refractivity contribution in [1.29, 1.82) is 0 Å². The third-order valence-electron chi connectivity index (χ3n) is 2.04. The van der Waals surface area contributed by atoms with E-state index in [-0.39, 0.29) is 6.04 Å². The molecule has 3 N–H and O–H groups in total. The van der Waals surface area contributed by atoms with E-state index in [9.17, 15) is 4.79 Å². The number of nitrogens with two attached hydrogens (primary N) is 1. The summed E-state index contributed by atoms with van der Waals surface area (Å²) in [5.74, 6) is 0.599. The van der Waals surface area contributed by atoms with Crippen molar-refractivity contribution >= 4 is 18.2 Å². The second-order valence-electron chi connectivity index (χ2n) is 3.10. The Morgan fingerprint density at radius 3 is 2.88 bits per heavy atom.